The number of hydrogen-bond acceptors (Lipinski definition) is 2. The molecule has 74 valence electrons. The minimum atomic E-state index is 0.257. The van der Waals surface area contributed by atoms with Crippen LogP contribution >= 0.6 is 0 Å². The average Bonchev–Trinajstić information content (AvgIpc) is 2.36. The topological polar surface area (TPSA) is 35.2 Å². The van der Waals surface area contributed by atoms with Crippen molar-refractivity contribution in [3.05, 3.63) is 0 Å². The molecule has 0 bridgehead atoms. The molecule has 0 aliphatic carbocycles. The summed E-state index contributed by atoms with van der Waals surface area (Å²) in [6.07, 6.45) is 1.68. The molecular formula is C10H23NO. The zero-order valence-corrected chi connectivity index (χ0v) is 9.00. The van der Waals surface area contributed by atoms with Crippen molar-refractivity contribution in [2.24, 2.45) is 11.7 Å². The summed E-state index contributed by atoms with van der Waals surface area (Å²) in [5.41, 5.74) is 5.78. The summed E-state index contributed by atoms with van der Waals surface area (Å²) in [6, 6.07) is 0.257. The number of rotatable bonds is 1. The molecule has 1 aliphatic rings. The molecule has 1 saturated heterocycles. The predicted octanol–water partition coefficient (Wildman–Crippen LogP) is 2.17. The molecule has 2 nitrogen and oxygen atoms in total. The Kier molecular flexibility index (Phi) is 5.51. The lowest BCUT2D eigenvalue weighted by atomic mass is 10.0. The highest BCUT2D eigenvalue weighted by molar-refractivity contribution is 4.83. The molecule has 0 radical (unpaired) electrons. The average molecular weight is 173 g/mol. The van der Waals surface area contributed by atoms with E-state index in [1.165, 1.54) is 0 Å². The van der Waals surface area contributed by atoms with Crippen LogP contribution in [0.2, 0.25) is 0 Å². The van der Waals surface area contributed by atoms with Crippen molar-refractivity contribution in [3.8, 4) is 0 Å². The van der Waals surface area contributed by atoms with Gasteiger partial charge in [0.1, 0.15) is 0 Å². The van der Waals surface area contributed by atoms with Crippen molar-refractivity contribution in [2.45, 2.75) is 59.3 Å². The van der Waals surface area contributed by atoms with E-state index in [0.717, 1.165) is 6.42 Å². The maximum absolute atomic E-state index is 5.78. The van der Waals surface area contributed by atoms with Gasteiger partial charge < -0.3 is 10.5 Å². The van der Waals surface area contributed by atoms with Crippen molar-refractivity contribution >= 4 is 0 Å². The van der Waals surface area contributed by atoms with Gasteiger partial charge in [0, 0.05) is 6.04 Å². The van der Waals surface area contributed by atoms with Crippen LogP contribution in [0.5, 0.6) is 0 Å². The largest absolute Gasteiger partial charge is 0.373 e. The van der Waals surface area contributed by atoms with Gasteiger partial charge in [0.2, 0.25) is 0 Å². The minimum Gasteiger partial charge on any atom is -0.373 e. The van der Waals surface area contributed by atoms with Crippen LogP contribution in [0.4, 0.5) is 0 Å². The van der Waals surface area contributed by atoms with E-state index < -0.39 is 0 Å². The Balaban J connectivity index is 0.000000561. The smallest absolute Gasteiger partial charge is 0.0702 e. The monoisotopic (exact) mass is 173 g/mol. The van der Waals surface area contributed by atoms with Crippen LogP contribution < -0.4 is 5.73 Å². The molecule has 0 saturated carbocycles. The van der Waals surface area contributed by atoms with Crippen LogP contribution in [0.25, 0.3) is 0 Å². The van der Waals surface area contributed by atoms with E-state index in [-0.39, 0.29) is 12.1 Å². The van der Waals surface area contributed by atoms with Gasteiger partial charge in [0.15, 0.2) is 0 Å². The first-order chi connectivity index (χ1) is 5.61. The van der Waals surface area contributed by atoms with E-state index in [1.54, 1.807) is 0 Å². The molecule has 1 rings (SSSR count). The lowest BCUT2D eigenvalue weighted by Crippen LogP contribution is -2.26. The van der Waals surface area contributed by atoms with E-state index in [1.807, 2.05) is 20.8 Å². The molecule has 2 heteroatoms. The third kappa shape index (κ3) is 3.11. The van der Waals surface area contributed by atoms with Gasteiger partial charge in [0.25, 0.3) is 0 Å². The lowest BCUT2D eigenvalue weighted by molar-refractivity contribution is 0.0266. The van der Waals surface area contributed by atoms with Crippen LogP contribution in [0.1, 0.15) is 41.0 Å². The summed E-state index contributed by atoms with van der Waals surface area (Å²) in [5.74, 6) is 0.607. The van der Waals surface area contributed by atoms with Gasteiger partial charge in [-0.15, -0.1) is 0 Å². The van der Waals surface area contributed by atoms with Gasteiger partial charge in [-0.3, -0.25) is 0 Å². The lowest BCUT2D eigenvalue weighted by Gasteiger charge is -2.13. The standard InChI is InChI=1S/C8H17NO.C2H6/c1-5(2)8-4-7(9)6(3)10-8;1-2/h5-8H,4,9H2,1-3H3;1-2H3. The fraction of sp³-hybridized carbons (Fsp3) is 1.00. The number of hydrogen-bond donors (Lipinski definition) is 1. The second-order valence-electron chi connectivity index (χ2n) is 3.52. The molecule has 12 heavy (non-hydrogen) atoms. The summed E-state index contributed by atoms with van der Waals surface area (Å²) >= 11 is 0. The first-order valence-corrected chi connectivity index (χ1v) is 5.02. The van der Waals surface area contributed by atoms with Gasteiger partial charge in [-0.05, 0) is 19.3 Å². The fourth-order valence-electron chi connectivity index (χ4n) is 1.32. The van der Waals surface area contributed by atoms with E-state index in [0.29, 0.717) is 12.0 Å². The van der Waals surface area contributed by atoms with Crippen LogP contribution in [0.3, 0.4) is 0 Å². The van der Waals surface area contributed by atoms with Gasteiger partial charge >= 0.3 is 0 Å². The van der Waals surface area contributed by atoms with E-state index in [9.17, 15) is 0 Å². The molecular weight excluding hydrogens is 150 g/mol. The van der Waals surface area contributed by atoms with Crippen LogP contribution in [-0.2, 0) is 4.74 Å². The summed E-state index contributed by atoms with van der Waals surface area (Å²) in [7, 11) is 0. The number of nitrogens with two attached hydrogens (primary N) is 1. The summed E-state index contributed by atoms with van der Waals surface area (Å²) in [6.45, 7) is 10.4. The molecule has 0 aromatic heterocycles. The quantitative estimate of drug-likeness (QED) is 0.659. The van der Waals surface area contributed by atoms with Crippen molar-refractivity contribution in [2.75, 3.05) is 0 Å². The van der Waals surface area contributed by atoms with Crippen molar-refractivity contribution < 1.29 is 4.74 Å². The Hall–Kier alpha value is -0.0800. The van der Waals surface area contributed by atoms with Gasteiger partial charge in [-0.1, -0.05) is 27.7 Å². The molecule has 1 fully saturated rings. The zero-order valence-electron chi connectivity index (χ0n) is 9.00. The Morgan fingerprint density at radius 2 is 1.83 bits per heavy atom. The third-order valence-electron chi connectivity index (χ3n) is 2.24. The second kappa shape index (κ2) is 5.55. The normalized spacial score (nSPS) is 34.8. The fourth-order valence-corrected chi connectivity index (χ4v) is 1.32. The molecule has 0 aromatic rings. The first-order valence-electron chi connectivity index (χ1n) is 5.02. The van der Waals surface area contributed by atoms with E-state index in [4.69, 9.17) is 10.5 Å². The second-order valence-corrected chi connectivity index (χ2v) is 3.52. The number of ether oxygens (including phenoxy) is 1. The minimum absolute atomic E-state index is 0.257. The highest BCUT2D eigenvalue weighted by Crippen LogP contribution is 2.23. The highest BCUT2D eigenvalue weighted by atomic mass is 16.5. The van der Waals surface area contributed by atoms with Crippen LogP contribution in [0.15, 0.2) is 0 Å². The van der Waals surface area contributed by atoms with E-state index >= 15 is 0 Å². The van der Waals surface area contributed by atoms with Gasteiger partial charge in [-0.2, -0.15) is 0 Å². The van der Waals surface area contributed by atoms with Crippen LogP contribution in [0, 0.1) is 5.92 Å². The third-order valence-corrected chi connectivity index (χ3v) is 2.24. The molecule has 0 amide bonds. The van der Waals surface area contributed by atoms with Crippen LogP contribution in [-0.4, -0.2) is 18.2 Å². The summed E-state index contributed by atoms with van der Waals surface area (Å²) in [5, 5.41) is 0. The highest BCUT2D eigenvalue weighted by Gasteiger charge is 2.30. The molecule has 3 atom stereocenters. The molecule has 2 N–H and O–H groups in total. The molecule has 1 heterocycles. The molecule has 3 unspecified atom stereocenters. The van der Waals surface area contributed by atoms with Gasteiger partial charge in [0.05, 0.1) is 12.2 Å². The predicted molar refractivity (Wildman–Crippen MR) is 53.1 cm³/mol. The molecule has 1 aliphatic heterocycles. The maximum atomic E-state index is 5.78. The Bertz CT molecular complexity index is 104. The SMILES string of the molecule is CC.CC(C)C1CC(N)C(C)O1. The van der Waals surface area contributed by atoms with Gasteiger partial charge in [-0.25, -0.2) is 0 Å². The first kappa shape index (κ1) is 11.9. The zero-order chi connectivity index (χ0) is 9.72. The Morgan fingerprint density at radius 1 is 1.33 bits per heavy atom. The molecule has 0 aromatic carbocycles. The molecule has 0 spiro atoms. The van der Waals surface area contributed by atoms with Crippen molar-refractivity contribution in [3.63, 3.8) is 0 Å². The Labute approximate surface area is 76.5 Å². The van der Waals surface area contributed by atoms with E-state index in [2.05, 4.69) is 13.8 Å². The summed E-state index contributed by atoms with van der Waals surface area (Å²) in [4.78, 5) is 0. The van der Waals surface area contributed by atoms with Crippen molar-refractivity contribution in [1.29, 1.82) is 0 Å². The Morgan fingerprint density at radius 3 is 2.00 bits per heavy atom. The maximum Gasteiger partial charge on any atom is 0.0702 e. The van der Waals surface area contributed by atoms with Crippen molar-refractivity contribution in [1.82, 2.24) is 0 Å². The summed E-state index contributed by atoms with van der Waals surface area (Å²) < 4.78 is 5.61.